The molecule has 24 heavy (non-hydrogen) atoms. The molecule has 0 atom stereocenters. The first-order valence-corrected chi connectivity index (χ1v) is 8.74. The molecule has 0 saturated heterocycles. The smallest absolute Gasteiger partial charge is 0.264 e. The van der Waals surface area contributed by atoms with Crippen LogP contribution in [0.5, 0.6) is 5.75 Å². The molecule has 0 aliphatic rings. The molecule has 1 heterocycles. The van der Waals surface area contributed by atoms with Gasteiger partial charge in [0.2, 0.25) is 5.16 Å². The van der Waals surface area contributed by atoms with Gasteiger partial charge < -0.3 is 4.74 Å². The predicted octanol–water partition coefficient (Wildman–Crippen LogP) is 2.03. The van der Waals surface area contributed by atoms with Crippen molar-refractivity contribution in [2.75, 3.05) is 17.8 Å². The summed E-state index contributed by atoms with van der Waals surface area (Å²) in [5.41, 5.74) is 3.86. The van der Waals surface area contributed by atoms with Gasteiger partial charge in [-0.25, -0.2) is 4.68 Å². The number of ether oxygens (including phenoxy) is 1. The van der Waals surface area contributed by atoms with Gasteiger partial charge in [-0.1, -0.05) is 36.9 Å². The second kappa shape index (κ2) is 8.65. The number of hydrogen-bond acceptors (Lipinski definition) is 6. The number of aromatic nitrogens is 3. The van der Waals surface area contributed by atoms with E-state index < -0.39 is 0 Å². The van der Waals surface area contributed by atoms with Crippen molar-refractivity contribution in [1.82, 2.24) is 20.2 Å². The summed E-state index contributed by atoms with van der Waals surface area (Å²) in [7, 11) is 0. The maximum absolute atomic E-state index is 12.0. The van der Waals surface area contributed by atoms with E-state index in [0.717, 1.165) is 11.3 Å². The number of thiocarbonyl (C=S) groups is 1. The monoisotopic (exact) mass is 365 g/mol. The molecule has 2 aromatic rings. The van der Waals surface area contributed by atoms with Gasteiger partial charge in [0.1, 0.15) is 11.6 Å². The number of aryl methyl sites for hydroxylation is 2. The normalized spacial score (nSPS) is 10.3. The molecule has 0 fully saturated rings. The molecule has 0 saturated carbocycles. The molecular formula is C15H19N5O2S2. The molecule has 2 rings (SSSR count). The summed E-state index contributed by atoms with van der Waals surface area (Å²) >= 11 is 6.68. The molecule has 0 aliphatic carbocycles. The Balaban J connectivity index is 1.87. The highest BCUT2D eigenvalue weighted by Gasteiger charge is 2.12. The van der Waals surface area contributed by atoms with Gasteiger partial charge in [-0.2, -0.15) is 0 Å². The minimum atomic E-state index is -0.342. The quantitative estimate of drug-likeness (QED) is 0.599. The number of rotatable bonds is 6. The third-order valence-corrected chi connectivity index (χ3v) is 3.99. The summed E-state index contributed by atoms with van der Waals surface area (Å²) in [5, 5.41) is 11.4. The summed E-state index contributed by atoms with van der Waals surface area (Å²) in [6, 6.07) is 7.50. The molecule has 0 unspecified atom stereocenters. The average Bonchev–Trinajstić information content (AvgIpc) is 2.87. The summed E-state index contributed by atoms with van der Waals surface area (Å²) in [6.45, 7) is 5.61. The lowest BCUT2D eigenvalue weighted by atomic mass is 10.2. The Kier molecular flexibility index (Phi) is 6.56. The first-order valence-electron chi connectivity index (χ1n) is 7.35. The Bertz CT molecular complexity index is 732. The van der Waals surface area contributed by atoms with Crippen molar-refractivity contribution in [3.05, 3.63) is 35.7 Å². The molecule has 1 aromatic heterocycles. The fraction of sp³-hybridized carbons (Fsp3) is 0.333. The highest BCUT2D eigenvalue weighted by Crippen LogP contribution is 2.16. The molecule has 128 valence electrons. The van der Waals surface area contributed by atoms with Gasteiger partial charge in [0, 0.05) is 0 Å². The fourth-order valence-corrected chi connectivity index (χ4v) is 2.72. The second-order valence-corrected chi connectivity index (χ2v) is 6.48. The minimum Gasteiger partial charge on any atom is -0.483 e. The zero-order valence-corrected chi connectivity index (χ0v) is 15.3. The standard InChI is InChI=1S/C15H19N5O2S2/c1-4-24-15-18-17-11(3)20(15)19-14(23)16-13(21)9-22-12-8-6-5-7-10(12)2/h5-8H,4,9H2,1-3H3,(H2,16,19,21,23). The van der Waals surface area contributed by atoms with Crippen molar-refractivity contribution in [3.8, 4) is 5.75 Å². The van der Waals surface area contributed by atoms with Crippen LogP contribution in [0.2, 0.25) is 0 Å². The second-order valence-electron chi connectivity index (χ2n) is 4.84. The van der Waals surface area contributed by atoms with Crippen LogP contribution in [0.25, 0.3) is 0 Å². The van der Waals surface area contributed by atoms with Crippen LogP contribution in [0.15, 0.2) is 29.4 Å². The number of hydrogen-bond donors (Lipinski definition) is 2. The van der Waals surface area contributed by atoms with Crippen molar-refractivity contribution in [2.45, 2.75) is 25.9 Å². The number of nitrogens with zero attached hydrogens (tertiary/aromatic N) is 3. The predicted molar refractivity (Wildman–Crippen MR) is 97.9 cm³/mol. The van der Waals surface area contributed by atoms with E-state index in [0.29, 0.717) is 16.7 Å². The lowest BCUT2D eigenvalue weighted by Gasteiger charge is -2.13. The number of para-hydroxylation sites is 1. The van der Waals surface area contributed by atoms with E-state index in [1.54, 1.807) is 11.6 Å². The largest absolute Gasteiger partial charge is 0.483 e. The Labute approximate surface area is 150 Å². The zero-order chi connectivity index (χ0) is 17.5. The third kappa shape index (κ3) is 4.93. The molecule has 0 bridgehead atoms. The van der Waals surface area contributed by atoms with Gasteiger partial charge in [0.05, 0.1) is 0 Å². The van der Waals surface area contributed by atoms with Gasteiger partial charge in [-0.05, 0) is 43.4 Å². The van der Waals surface area contributed by atoms with Crippen LogP contribution in [-0.4, -0.2) is 38.3 Å². The van der Waals surface area contributed by atoms with Crippen LogP contribution in [0.4, 0.5) is 0 Å². The van der Waals surface area contributed by atoms with Crippen molar-refractivity contribution in [3.63, 3.8) is 0 Å². The molecule has 9 heteroatoms. The maximum Gasteiger partial charge on any atom is 0.264 e. The van der Waals surface area contributed by atoms with E-state index in [1.807, 2.05) is 38.1 Å². The van der Waals surface area contributed by atoms with Crippen LogP contribution >= 0.6 is 24.0 Å². The van der Waals surface area contributed by atoms with Crippen LogP contribution in [0, 0.1) is 13.8 Å². The lowest BCUT2D eigenvalue weighted by molar-refractivity contribution is -0.121. The molecule has 7 nitrogen and oxygen atoms in total. The maximum atomic E-state index is 12.0. The first-order chi connectivity index (χ1) is 11.5. The topological polar surface area (TPSA) is 81.1 Å². The van der Waals surface area contributed by atoms with E-state index in [-0.39, 0.29) is 17.6 Å². The minimum absolute atomic E-state index is 0.121. The highest BCUT2D eigenvalue weighted by atomic mass is 32.2. The number of carbonyl (C=O) groups excluding carboxylic acids is 1. The highest BCUT2D eigenvalue weighted by molar-refractivity contribution is 7.99. The summed E-state index contributed by atoms with van der Waals surface area (Å²) in [6.07, 6.45) is 0. The Morgan fingerprint density at radius 3 is 2.79 bits per heavy atom. The van der Waals surface area contributed by atoms with E-state index in [1.165, 1.54) is 11.8 Å². The Hall–Kier alpha value is -2.13. The number of amides is 1. The van der Waals surface area contributed by atoms with Crippen LogP contribution in [0.3, 0.4) is 0 Å². The van der Waals surface area contributed by atoms with Crippen molar-refractivity contribution in [1.29, 1.82) is 0 Å². The van der Waals surface area contributed by atoms with Gasteiger partial charge >= 0.3 is 0 Å². The van der Waals surface area contributed by atoms with E-state index >= 15 is 0 Å². The van der Waals surface area contributed by atoms with Gasteiger partial charge in [-0.15, -0.1) is 10.2 Å². The molecule has 2 N–H and O–H groups in total. The van der Waals surface area contributed by atoms with Crippen molar-refractivity contribution >= 4 is 35.0 Å². The number of carbonyl (C=O) groups is 1. The molecule has 1 aromatic carbocycles. The Morgan fingerprint density at radius 1 is 1.33 bits per heavy atom. The molecular weight excluding hydrogens is 346 g/mol. The summed E-state index contributed by atoms with van der Waals surface area (Å²) in [5.74, 6) is 1.83. The van der Waals surface area contributed by atoms with Crippen molar-refractivity contribution < 1.29 is 9.53 Å². The summed E-state index contributed by atoms with van der Waals surface area (Å²) in [4.78, 5) is 12.0. The molecule has 0 spiro atoms. The van der Waals surface area contributed by atoms with Crippen molar-refractivity contribution in [2.24, 2.45) is 0 Å². The van der Waals surface area contributed by atoms with Gasteiger partial charge in [0.15, 0.2) is 11.7 Å². The Morgan fingerprint density at radius 2 is 2.08 bits per heavy atom. The van der Waals surface area contributed by atoms with E-state index in [4.69, 9.17) is 17.0 Å². The first kappa shape index (κ1) is 18.2. The number of nitrogens with one attached hydrogen (secondary N) is 2. The average molecular weight is 365 g/mol. The zero-order valence-electron chi connectivity index (χ0n) is 13.7. The third-order valence-electron chi connectivity index (χ3n) is 2.99. The molecule has 1 amide bonds. The molecule has 0 aliphatic heterocycles. The van der Waals surface area contributed by atoms with Crippen LogP contribution in [0.1, 0.15) is 18.3 Å². The lowest BCUT2D eigenvalue weighted by Crippen LogP contribution is -2.40. The molecule has 0 radical (unpaired) electrons. The van der Waals surface area contributed by atoms with E-state index in [2.05, 4.69) is 20.9 Å². The fourth-order valence-electron chi connectivity index (χ4n) is 1.85. The van der Waals surface area contributed by atoms with Gasteiger partial charge in [-0.3, -0.25) is 15.5 Å². The number of thioether (sulfide) groups is 1. The SMILES string of the molecule is CCSc1nnc(C)n1NC(=S)NC(=O)COc1ccccc1C. The van der Waals surface area contributed by atoms with E-state index in [9.17, 15) is 4.79 Å². The summed E-state index contributed by atoms with van der Waals surface area (Å²) < 4.78 is 7.12. The van der Waals surface area contributed by atoms with Crippen LogP contribution in [-0.2, 0) is 4.79 Å². The number of benzene rings is 1. The van der Waals surface area contributed by atoms with Gasteiger partial charge in [0.25, 0.3) is 5.91 Å². The van der Waals surface area contributed by atoms with Crippen LogP contribution < -0.4 is 15.5 Å².